The molecule has 0 bridgehead atoms. The molecule has 0 unspecified atom stereocenters. The van der Waals surface area contributed by atoms with Crippen molar-refractivity contribution in [2.24, 2.45) is 0 Å². The van der Waals surface area contributed by atoms with Crippen LogP contribution in [0.15, 0.2) is 41.3 Å². The first-order valence-electron chi connectivity index (χ1n) is 9.28. The Hall–Kier alpha value is -2.32. The predicted molar refractivity (Wildman–Crippen MR) is 101 cm³/mol. The number of anilines is 1. The molecule has 2 aromatic rings. The van der Waals surface area contributed by atoms with Crippen LogP contribution in [0.2, 0.25) is 0 Å². The summed E-state index contributed by atoms with van der Waals surface area (Å²) < 4.78 is 54.3. The number of sulfonamides is 1. The number of aryl methyl sites for hydroxylation is 1. The first-order chi connectivity index (χ1) is 13.4. The first-order valence-corrected chi connectivity index (χ1v) is 10.7. The summed E-state index contributed by atoms with van der Waals surface area (Å²) in [4.78, 5) is 14.5. The highest BCUT2D eigenvalue weighted by molar-refractivity contribution is 7.89. The molecule has 0 N–H and O–H groups in total. The average Bonchev–Trinajstić information content (AvgIpc) is 3.22. The van der Waals surface area contributed by atoms with Crippen molar-refractivity contribution < 1.29 is 22.0 Å². The Morgan fingerprint density at radius 3 is 2.39 bits per heavy atom. The van der Waals surface area contributed by atoms with Crippen LogP contribution < -0.4 is 4.90 Å². The highest BCUT2D eigenvalue weighted by Crippen LogP contribution is 2.32. The van der Waals surface area contributed by atoms with Crippen molar-refractivity contribution in [1.29, 1.82) is 0 Å². The molecule has 0 spiro atoms. The molecule has 0 aliphatic carbocycles. The number of carbonyl (C=O) groups is 1. The van der Waals surface area contributed by atoms with Gasteiger partial charge in [-0.25, -0.2) is 17.2 Å². The Bertz CT molecular complexity index is 1030. The lowest BCUT2D eigenvalue weighted by atomic mass is 10.0. The molecule has 0 aromatic heterocycles. The largest absolute Gasteiger partial charge is 0.308 e. The SMILES string of the molecule is O=C(c1ccc(F)cc1F)N1CCCc2cc(S(=O)(=O)N3CCCC3)ccc21. The van der Waals surface area contributed by atoms with E-state index in [4.69, 9.17) is 0 Å². The third-order valence-electron chi connectivity index (χ3n) is 5.28. The quantitative estimate of drug-likeness (QED) is 0.786. The Morgan fingerprint density at radius 1 is 0.929 bits per heavy atom. The molecule has 1 fully saturated rings. The summed E-state index contributed by atoms with van der Waals surface area (Å²) in [6.45, 7) is 1.43. The molecule has 1 amide bonds. The van der Waals surface area contributed by atoms with E-state index in [-0.39, 0.29) is 10.5 Å². The van der Waals surface area contributed by atoms with Crippen molar-refractivity contribution in [3.05, 3.63) is 59.2 Å². The van der Waals surface area contributed by atoms with E-state index in [9.17, 15) is 22.0 Å². The summed E-state index contributed by atoms with van der Waals surface area (Å²) in [5, 5.41) is 0. The maximum atomic E-state index is 14.1. The van der Waals surface area contributed by atoms with E-state index in [1.807, 2.05) is 0 Å². The second kappa shape index (κ2) is 7.25. The van der Waals surface area contributed by atoms with Crippen molar-refractivity contribution in [3.63, 3.8) is 0 Å². The zero-order valence-electron chi connectivity index (χ0n) is 15.2. The van der Waals surface area contributed by atoms with Gasteiger partial charge in [-0.15, -0.1) is 0 Å². The van der Waals surface area contributed by atoms with Crippen LogP contribution in [0.3, 0.4) is 0 Å². The van der Waals surface area contributed by atoms with Gasteiger partial charge in [-0.2, -0.15) is 4.31 Å². The molecule has 8 heteroatoms. The van der Waals surface area contributed by atoms with Gasteiger partial charge in [0, 0.05) is 31.4 Å². The van der Waals surface area contributed by atoms with Crippen molar-refractivity contribution in [2.75, 3.05) is 24.5 Å². The van der Waals surface area contributed by atoms with Gasteiger partial charge in [-0.05, 0) is 61.6 Å². The summed E-state index contributed by atoms with van der Waals surface area (Å²) in [6.07, 6.45) is 2.98. The molecule has 2 aliphatic heterocycles. The van der Waals surface area contributed by atoms with Gasteiger partial charge < -0.3 is 4.90 Å². The van der Waals surface area contributed by atoms with Crippen LogP contribution in [-0.4, -0.2) is 38.3 Å². The normalized spacial score (nSPS) is 17.6. The maximum Gasteiger partial charge on any atom is 0.261 e. The lowest BCUT2D eigenvalue weighted by molar-refractivity contribution is 0.0981. The lowest BCUT2D eigenvalue weighted by Gasteiger charge is -2.30. The molecule has 4 rings (SSSR count). The zero-order valence-corrected chi connectivity index (χ0v) is 16.0. The van der Waals surface area contributed by atoms with E-state index in [1.54, 1.807) is 12.1 Å². The molecule has 0 saturated carbocycles. The number of hydrogen-bond acceptors (Lipinski definition) is 3. The van der Waals surface area contributed by atoms with Crippen molar-refractivity contribution in [2.45, 2.75) is 30.6 Å². The Morgan fingerprint density at radius 2 is 1.68 bits per heavy atom. The van der Waals surface area contributed by atoms with Crippen LogP contribution in [0.5, 0.6) is 0 Å². The topological polar surface area (TPSA) is 57.7 Å². The fourth-order valence-electron chi connectivity index (χ4n) is 3.83. The van der Waals surface area contributed by atoms with Gasteiger partial charge in [0.05, 0.1) is 10.5 Å². The molecule has 2 aliphatic rings. The highest BCUT2D eigenvalue weighted by atomic mass is 32.2. The van der Waals surface area contributed by atoms with E-state index in [0.29, 0.717) is 44.2 Å². The van der Waals surface area contributed by atoms with Crippen molar-refractivity contribution >= 4 is 21.6 Å². The van der Waals surface area contributed by atoms with E-state index >= 15 is 0 Å². The standard InChI is InChI=1S/C20H20F2N2O3S/c21-15-5-7-17(18(22)13-15)20(25)24-11-3-4-14-12-16(6-8-19(14)24)28(26,27)23-9-1-2-10-23/h5-8,12-13H,1-4,9-11H2. The first kappa shape index (κ1) is 19.0. The molecule has 28 heavy (non-hydrogen) atoms. The molecular formula is C20H20F2N2O3S. The number of fused-ring (bicyclic) bond motifs is 1. The van der Waals surface area contributed by atoms with E-state index < -0.39 is 27.6 Å². The second-order valence-electron chi connectivity index (χ2n) is 7.09. The molecule has 148 valence electrons. The van der Waals surface area contributed by atoms with Crippen LogP contribution in [0.4, 0.5) is 14.5 Å². The van der Waals surface area contributed by atoms with Gasteiger partial charge in [0.2, 0.25) is 10.0 Å². The van der Waals surface area contributed by atoms with E-state index in [2.05, 4.69) is 0 Å². The minimum atomic E-state index is -3.55. The average molecular weight is 406 g/mol. The lowest BCUT2D eigenvalue weighted by Crippen LogP contribution is -2.36. The Kier molecular flexibility index (Phi) is 4.93. The Balaban J connectivity index is 1.68. The summed E-state index contributed by atoms with van der Waals surface area (Å²) in [6, 6.07) is 7.59. The molecule has 0 atom stereocenters. The number of amides is 1. The third-order valence-corrected chi connectivity index (χ3v) is 7.17. The number of halogens is 2. The summed E-state index contributed by atoms with van der Waals surface area (Å²) >= 11 is 0. The number of rotatable bonds is 3. The van der Waals surface area contributed by atoms with Crippen LogP contribution in [0.1, 0.15) is 35.2 Å². The van der Waals surface area contributed by atoms with Gasteiger partial charge in [0.1, 0.15) is 11.6 Å². The summed E-state index contributed by atoms with van der Waals surface area (Å²) in [7, 11) is -3.55. The fraction of sp³-hybridized carbons (Fsp3) is 0.350. The van der Waals surface area contributed by atoms with Crippen LogP contribution in [0, 0.1) is 11.6 Å². The van der Waals surface area contributed by atoms with Gasteiger partial charge in [0.15, 0.2) is 0 Å². The smallest absolute Gasteiger partial charge is 0.261 e. The van der Waals surface area contributed by atoms with Gasteiger partial charge >= 0.3 is 0 Å². The summed E-state index contributed by atoms with van der Waals surface area (Å²) in [5.41, 5.74) is 1.10. The van der Waals surface area contributed by atoms with Crippen LogP contribution >= 0.6 is 0 Å². The second-order valence-corrected chi connectivity index (χ2v) is 9.02. The van der Waals surface area contributed by atoms with Gasteiger partial charge in [0.25, 0.3) is 5.91 Å². The monoisotopic (exact) mass is 406 g/mol. The molecule has 2 heterocycles. The number of nitrogens with zero attached hydrogens (tertiary/aromatic N) is 2. The van der Waals surface area contributed by atoms with E-state index in [1.165, 1.54) is 15.3 Å². The maximum absolute atomic E-state index is 14.1. The summed E-state index contributed by atoms with van der Waals surface area (Å²) in [5.74, 6) is -2.22. The van der Waals surface area contributed by atoms with E-state index in [0.717, 1.165) is 30.5 Å². The number of hydrogen-bond donors (Lipinski definition) is 0. The fourth-order valence-corrected chi connectivity index (χ4v) is 5.40. The van der Waals surface area contributed by atoms with Crippen molar-refractivity contribution in [1.82, 2.24) is 4.31 Å². The van der Waals surface area contributed by atoms with Crippen molar-refractivity contribution in [3.8, 4) is 0 Å². The van der Waals surface area contributed by atoms with Gasteiger partial charge in [-0.3, -0.25) is 4.79 Å². The van der Waals surface area contributed by atoms with Crippen LogP contribution in [0.25, 0.3) is 0 Å². The van der Waals surface area contributed by atoms with Crippen LogP contribution in [-0.2, 0) is 16.4 Å². The molecule has 1 saturated heterocycles. The zero-order chi connectivity index (χ0) is 19.9. The molecular weight excluding hydrogens is 386 g/mol. The molecule has 2 aromatic carbocycles. The van der Waals surface area contributed by atoms with Gasteiger partial charge in [-0.1, -0.05) is 0 Å². The number of benzene rings is 2. The predicted octanol–water partition coefficient (Wildman–Crippen LogP) is 3.34. The minimum absolute atomic E-state index is 0.206. The third kappa shape index (κ3) is 3.31. The molecule has 5 nitrogen and oxygen atoms in total. The highest BCUT2D eigenvalue weighted by Gasteiger charge is 2.30. The molecule has 0 radical (unpaired) electrons. The minimum Gasteiger partial charge on any atom is -0.308 e. The Labute approximate surface area is 162 Å². The number of carbonyl (C=O) groups excluding carboxylic acids is 1.